The number of rotatable bonds is 3. The lowest BCUT2D eigenvalue weighted by molar-refractivity contribution is 0.0697. The Labute approximate surface area is 94.2 Å². The van der Waals surface area contributed by atoms with E-state index in [0.717, 1.165) is 18.6 Å². The van der Waals surface area contributed by atoms with Gasteiger partial charge in [-0.2, -0.15) is 0 Å². The Morgan fingerprint density at radius 2 is 2.38 bits per heavy atom. The van der Waals surface area contributed by atoms with Crippen LogP contribution in [0, 0.1) is 6.92 Å². The van der Waals surface area contributed by atoms with Gasteiger partial charge in [-0.1, -0.05) is 12.1 Å². The van der Waals surface area contributed by atoms with Crippen molar-refractivity contribution in [3.63, 3.8) is 0 Å². The van der Waals surface area contributed by atoms with Crippen molar-refractivity contribution in [3.8, 4) is 0 Å². The Kier molecular flexibility index (Phi) is 3.10. The highest BCUT2D eigenvalue weighted by Gasteiger charge is 2.19. The molecule has 0 aromatic heterocycles. The first-order chi connectivity index (χ1) is 7.68. The number of hydrogen-bond acceptors (Lipinski definition) is 3. The number of hydrogen-bond donors (Lipinski definition) is 2. The summed E-state index contributed by atoms with van der Waals surface area (Å²) in [7, 11) is 0. The van der Waals surface area contributed by atoms with Crippen molar-refractivity contribution in [2.24, 2.45) is 0 Å². The fourth-order valence-corrected chi connectivity index (χ4v) is 1.89. The van der Waals surface area contributed by atoms with Gasteiger partial charge in [-0.3, -0.25) is 0 Å². The van der Waals surface area contributed by atoms with Crippen LogP contribution in [-0.4, -0.2) is 30.3 Å². The van der Waals surface area contributed by atoms with Crippen LogP contribution in [-0.2, 0) is 4.74 Å². The maximum Gasteiger partial charge on any atom is 0.337 e. The fourth-order valence-electron chi connectivity index (χ4n) is 1.89. The number of para-hydroxylation sites is 1. The molecule has 1 aliphatic rings. The second kappa shape index (κ2) is 4.53. The first-order valence-corrected chi connectivity index (χ1v) is 5.35. The minimum absolute atomic E-state index is 0.221. The summed E-state index contributed by atoms with van der Waals surface area (Å²) in [6.45, 7) is 3.30. The van der Waals surface area contributed by atoms with E-state index in [1.165, 1.54) is 0 Å². The lowest BCUT2D eigenvalue weighted by Crippen LogP contribution is -2.21. The summed E-state index contributed by atoms with van der Waals surface area (Å²) in [6.07, 6.45) is 0.924. The first kappa shape index (κ1) is 11.0. The molecule has 2 N–H and O–H groups in total. The number of benzene rings is 1. The van der Waals surface area contributed by atoms with Crippen LogP contribution in [0.25, 0.3) is 0 Å². The summed E-state index contributed by atoms with van der Waals surface area (Å²) in [4.78, 5) is 11.1. The number of aromatic carboxylic acids is 1. The Bertz CT molecular complexity index is 397. The molecule has 1 aromatic carbocycles. The van der Waals surface area contributed by atoms with Gasteiger partial charge in [0.15, 0.2) is 0 Å². The fraction of sp³-hybridized carbons (Fsp3) is 0.417. The van der Waals surface area contributed by atoms with Gasteiger partial charge in [-0.25, -0.2) is 4.79 Å². The van der Waals surface area contributed by atoms with Gasteiger partial charge in [-0.05, 0) is 25.0 Å². The molecule has 1 unspecified atom stereocenters. The Balaban J connectivity index is 2.26. The maximum absolute atomic E-state index is 11.1. The van der Waals surface area contributed by atoms with Crippen LogP contribution in [0.2, 0.25) is 0 Å². The van der Waals surface area contributed by atoms with Crippen molar-refractivity contribution in [1.82, 2.24) is 0 Å². The highest BCUT2D eigenvalue weighted by molar-refractivity contribution is 5.95. The highest BCUT2D eigenvalue weighted by atomic mass is 16.5. The number of ether oxygens (including phenoxy) is 1. The average Bonchev–Trinajstić information content (AvgIpc) is 2.73. The molecule has 0 spiro atoms. The van der Waals surface area contributed by atoms with Gasteiger partial charge < -0.3 is 15.2 Å². The van der Waals surface area contributed by atoms with Crippen LogP contribution in [0.3, 0.4) is 0 Å². The van der Waals surface area contributed by atoms with E-state index in [2.05, 4.69) is 5.32 Å². The minimum Gasteiger partial charge on any atom is -0.478 e. The minimum atomic E-state index is -0.898. The maximum atomic E-state index is 11.1. The molecule has 4 nitrogen and oxygen atoms in total. The van der Waals surface area contributed by atoms with Gasteiger partial charge in [-0.15, -0.1) is 0 Å². The summed E-state index contributed by atoms with van der Waals surface area (Å²) in [5.74, 6) is -0.898. The van der Waals surface area contributed by atoms with Gasteiger partial charge in [0.25, 0.3) is 0 Å². The molecule has 1 fully saturated rings. The highest BCUT2D eigenvalue weighted by Crippen LogP contribution is 2.23. The molecule has 2 rings (SSSR count). The van der Waals surface area contributed by atoms with Gasteiger partial charge in [0.05, 0.1) is 23.9 Å². The van der Waals surface area contributed by atoms with E-state index in [4.69, 9.17) is 9.84 Å². The Morgan fingerprint density at radius 1 is 1.56 bits per heavy atom. The third-order valence-electron chi connectivity index (χ3n) is 2.78. The molecule has 16 heavy (non-hydrogen) atoms. The van der Waals surface area contributed by atoms with Crippen LogP contribution in [0.15, 0.2) is 18.2 Å². The summed E-state index contributed by atoms with van der Waals surface area (Å²) in [5, 5.41) is 12.3. The molecule has 1 aliphatic heterocycles. The Hall–Kier alpha value is -1.55. The van der Waals surface area contributed by atoms with Crippen LogP contribution in [0.4, 0.5) is 5.69 Å². The molecule has 0 radical (unpaired) electrons. The van der Waals surface area contributed by atoms with E-state index in [1.807, 2.05) is 13.0 Å². The van der Waals surface area contributed by atoms with Gasteiger partial charge in [0, 0.05) is 6.61 Å². The quantitative estimate of drug-likeness (QED) is 0.818. The lowest BCUT2D eigenvalue weighted by Gasteiger charge is -2.16. The molecule has 0 bridgehead atoms. The Morgan fingerprint density at radius 3 is 3.00 bits per heavy atom. The summed E-state index contributed by atoms with van der Waals surface area (Å²) in [6, 6.07) is 5.51. The standard InChI is InChI=1S/C12H15NO3/c1-8-3-2-4-10(12(14)15)11(8)13-9-5-6-16-7-9/h2-4,9,13H,5-7H2,1H3,(H,14,15). The number of anilines is 1. The van der Waals surface area contributed by atoms with E-state index < -0.39 is 5.97 Å². The SMILES string of the molecule is Cc1cccc(C(=O)O)c1NC1CCOC1. The molecule has 1 atom stereocenters. The number of aryl methyl sites for hydroxylation is 1. The van der Waals surface area contributed by atoms with Gasteiger partial charge in [0.1, 0.15) is 0 Å². The molecule has 1 aromatic rings. The van der Waals surface area contributed by atoms with E-state index >= 15 is 0 Å². The van der Waals surface area contributed by atoms with Gasteiger partial charge in [0.2, 0.25) is 0 Å². The van der Waals surface area contributed by atoms with Gasteiger partial charge >= 0.3 is 5.97 Å². The molecule has 86 valence electrons. The number of carboxylic acid groups (broad SMARTS) is 1. The smallest absolute Gasteiger partial charge is 0.337 e. The second-order valence-corrected chi connectivity index (χ2v) is 4.01. The van der Waals surface area contributed by atoms with E-state index in [0.29, 0.717) is 17.9 Å². The van der Waals surface area contributed by atoms with E-state index in [-0.39, 0.29) is 6.04 Å². The third-order valence-corrected chi connectivity index (χ3v) is 2.78. The zero-order chi connectivity index (χ0) is 11.5. The van der Waals surface area contributed by atoms with Crippen LogP contribution in [0.1, 0.15) is 22.3 Å². The van der Waals surface area contributed by atoms with Crippen LogP contribution >= 0.6 is 0 Å². The summed E-state index contributed by atoms with van der Waals surface area (Å²) >= 11 is 0. The molecule has 4 heteroatoms. The van der Waals surface area contributed by atoms with Crippen LogP contribution < -0.4 is 5.32 Å². The zero-order valence-corrected chi connectivity index (χ0v) is 9.19. The zero-order valence-electron chi connectivity index (χ0n) is 9.19. The third kappa shape index (κ3) is 2.17. The van der Waals surface area contributed by atoms with Crippen molar-refractivity contribution < 1.29 is 14.6 Å². The molecule has 0 amide bonds. The predicted molar refractivity (Wildman–Crippen MR) is 61.0 cm³/mol. The van der Waals surface area contributed by atoms with Crippen molar-refractivity contribution in [3.05, 3.63) is 29.3 Å². The van der Waals surface area contributed by atoms with Crippen molar-refractivity contribution >= 4 is 11.7 Å². The van der Waals surface area contributed by atoms with Crippen molar-refractivity contribution in [1.29, 1.82) is 0 Å². The van der Waals surface area contributed by atoms with E-state index in [1.54, 1.807) is 12.1 Å². The van der Waals surface area contributed by atoms with Crippen molar-refractivity contribution in [2.45, 2.75) is 19.4 Å². The summed E-state index contributed by atoms with van der Waals surface area (Å²) in [5.41, 5.74) is 1.99. The van der Waals surface area contributed by atoms with E-state index in [9.17, 15) is 4.79 Å². The molecular weight excluding hydrogens is 206 g/mol. The van der Waals surface area contributed by atoms with Crippen LogP contribution in [0.5, 0.6) is 0 Å². The molecule has 0 saturated carbocycles. The number of carbonyl (C=O) groups is 1. The number of carboxylic acids is 1. The second-order valence-electron chi connectivity index (χ2n) is 4.01. The first-order valence-electron chi connectivity index (χ1n) is 5.35. The topological polar surface area (TPSA) is 58.6 Å². The average molecular weight is 221 g/mol. The monoisotopic (exact) mass is 221 g/mol. The predicted octanol–water partition coefficient (Wildman–Crippen LogP) is 1.89. The molecule has 0 aliphatic carbocycles. The molecule has 1 saturated heterocycles. The normalized spacial score (nSPS) is 19.7. The summed E-state index contributed by atoms with van der Waals surface area (Å²) < 4.78 is 5.26. The lowest BCUT2D eigenvalue weighted by atomic mass is 10.1. The molecular formula is C12H15NO3. The number of nitrogens with one attached hydrogen (secondary N) is 1. The van der Waals surface area contributed by atoms with Crippen molar-refractivity contribution in [2.75, 3.05) is 18.5 Å². The largest absolute Gasteiger partial charge is 0.478 e. The molecule has 1 heterocycles.